The summed E-state index contributed by atoms with van der Waals surface area (Å²) in [7, 11) is 0. The minimum atomic E-state index is -0.821. The molecule has 1 atom stereocenters. The van der Waals surface area contributed by atoms with Gasteiger partial charge in [-0.2, -0.15) is 5.10 Å². The third kappa shape index (κ3) is 7.25. The van der Waals surface area contributed by atoms with E-state index >= 15 is 0 Å². The first-order valence-electron chi connectivity index (χ1n) is 10.7. The molecule has 0 aliphatic carbocycles. The summed E-state index contributed by atoms with van der Waals surface area (Å²) in [5.74, 6) is -0.945. The van der Waals surface area contributed by atoms with Crippen LogP contribution in [0.1, 0.15) is 35.3 Å². The summed E-state index contributed by atoms with van der Waals surface area (Å²) >= 11 is 3.41. The average molecular weight is 526 g/mol. The van der Waals surface area contributed by atoms with Gasteiger partial charge in [-0.05, 0) is 60.0 Å². The zero-order valence-corrected chi connectivity index (χ0v) is 20.4. The first kappa shape index (κ1) is 25.1. The van der Waals surface area contributed by atoms with Crippen LogP contribution in [0.15, 0.2) is 82.4 Å². The van der Waals surface area contributed by atoms with E-state index in [2.05, 4.69) is 31.8 Å². The molecule has 0 aliphatic rings. The topological polar surface area (TPSA) is 79.8 Å². The minimum absolute atomic E-state index is 0.193. The van der Waals surface area contributed by atoms with Crippen molar-refractivity contribution in [3.8, 4) is 5.75 Å². The Balaban J connectivity index is 1.61. The summed E-state index contributed by atoms with van der Waals surface area (Å²) in [6.45, 7) is 4.00. The van der Waals surface area contributed by atoms with Crippen molar-refractivity contribution in [1.82, 2.24) is 10.7 Å². The van der Waals surface area contributed by atoms with Crippen molar-refractivity contribution in [2.45, 2.75) is 26.5 Å². The quantitative estimate of drug-likeness (QED) is 0.302. The number of hydrogen-bond acceptors (Lipinski definition) is 4. The van der Waals surface area contributed by atoms with Crippen molar-refractivity contribution in [2.75, 3.05) is 0 Å². The minimum Gasteiger partial charge on any atom is -0.488 e. The van der Waals surface area contributed by atoms with Gasteiger partial charge >= 0.3 is 0 Å². The van der Waals surface area contributed by atoms with Crippen molar-refractivity contribution < 1.29 is 18.7 Å². The standard InChI is InChI=1S/C26H25BrFN3O3/c1-17(2)24(30-25(32)19-9-13-22(28)14-10-19)26(33)31-29-15-20-5-3-4-6-23(20)34-16-18-7-11-21(27)12-8-18/h3-15,17,24H,16H2,1-2H3,(H,30,32)(H,31,33)/b29-15+. The maximum Gasteiger partial charge on any atom is 0.262 e. The number of nitrogens with zero attached hydrogens (tertiary/aromatic N) is 1. The van der Waals surface area contributed by atoms with Crippen LogP contribution in [0.4, 0.5) is 4.39 Å². The highest BCUT2D eigenvalue weighted by Gasteiger charge is 2.24. The van der Waals surface area contributed by atoms with Gasteiger partial charge in [-0.25, -0.2) is 9.82 Å². The van der Waals surface area contributed by atoms with Gasteiger partial charge in [0.2, 0.25) is 0 Å². The number of halogens is 2. The molecular formula is C26H25BrFN3O3. The summed E-state index contributed by atoms with van der Waals surface area (Å²) in [6, 6.07) is 19.5. The second-order valence-electron chi connectivity index (χ2n) is 7.89. The van der Waals surface area contributed by atoms with Crippen LogP contribution in [0.5, 0.6) is 5.75 Å². The Kier molecular flexibility index (Phi) is 8.93. The van der Waals surface area contributed by atoms with Crippen molar-refractivity contribution in [2.24, 2.45) is 11.0 Å². The van der Waals surface area contributed by atoms with Crippen LogP contribution in [-0.2, 0) is 11.4 Å². The molecule has 2 N–H and O–H groups in total. The lowest BCUT2D eigenvalue weighted by Gasteiger charge is -2.20. The molecule has 0 fully saturated rings. The predicted octanol–water partition coefficient (Wildman–Crippen LogP) is 5.07. The largest absolute Gasteiger partial charge is 0.488 e. The molecule has 0 aliphatic heterocycles. The van der Waals surface area contributed by atoms with Crippen LogP contribution in [0.2, 0.25) is 0 Å². The van der Waals surface area contributed by atoms with E-state index in [9.17, 15) is 14.0 Å². The molecule has 8 heteroatoms. The fourth-order valence-corrected chi connectivity index (χ4v) is 3.32. The molecule has 0 saturated carbocycles. The number of hydrazone groups is 1. The van der Waals surface area contributed by atoms with Gasteiger partial charge < -0.3 is 10.1 Å². The van der Waals surface area contributed by atoms with E-state index in [0.29, 0.717) is 17.9 Å². The predicted molar refractivity (Wildman–Crippen MR) is 133 cm³/mol. The van der Waals surface area contributed by atoms with E-state index in [1.165, 1.54) is 30.5 Å². The third-order valence-electron chi connectivity index (χ3n) is 4.95. The number of carbonyl (C=O) groups excluding carboxylic acids is 2. The molecule has 0 heterocycles. The lowest BCUT2D eigenvalue weighted by molar-refractivity contribution is -0.123. The molecule has 6 nitrogen and oxygen atoms in total. The number of rotatable bonds is 9. The Morgan fingerprint density at radius 2 is 1.71 bits per heavy atom. The number of benzene rings is 3. The van der Waals surface area contributed by atoms with Gasteiger partial charge in [0.1, 0.15) is 24.2 Å². The molecule has 0 radical (unpaired) electrons. The van der Waals surface area contributed by atoms with Crippen molar-refractivity contribution in [3.63, 3.8) is 0 Å². The van der Waals surface area contributed by atoms with Gasteiger partial charge in [0.05, 0.1) is 6.21 Å². The monoisotopic (exact) mass is 525 g/mol. The second kappa shape index (κ2) is 12.1. The van der Waals surface area contributed by atoms with Gasteiger partial charge in [-0.1, -0.05) is 54.0 Å². The van der Waals surface area contributed by atoms with Crippen molar-refractivity contribution in [1.29, 1.82) is 0 Å². The van der Waals surface area contributed by atoms with Gasteiger partial charge in [-0.15, -0.1) is 0 Å². The normalized spacial score (nSPS) is 11.9. The molecule has 0 saturated heterocycles. The molecule has 3 rings (SSSR count). The van der Waals surface area contributed by atoms with Gasteiger partial charge in [-0.3, -0.25) is 9.59 Å². The summed E-state index contributed by atoms with van der Waals surface area (Å²) < 4.78 is 20.0. The number of carbonyl (C=O) groups is 2. The van der Waals surface area contributed by atoms with Crippen LogP contribution in [0.25, 0.3) is 0 Å². The van der Waals surface area contributed by atoms with E-state index in [4.69, 9.17) is 4.74 Å². The van der Waals surface area contributed by atoms with Crippen LogP contribution in [0.3, 0.4) is 0 Å². The maximum atomic E-state index is 13.1. The molecular weight excluding hydrogens is 501 g/mol. The van der Waals surface area contributed by atoms with E-state index in [-0.39, 0.29) is 11.5 Å². The average Bonchev–Trinajstić information content (AvgIpc) is 2.83. The highest BCUT2D eigenvalue weighted by molar-refractivity contribution is 9.10. The molecule has 0 bridgehead atoms. The highest BCUT2D eigenvalue weighted by atomic mass is 79.9. The van der Waals surface area contributed by atoms with Gasteiger partial charge in [0.25, 0.3) is 11.8 Å². The Bertz CT molecular complexity index is 1150. The van der Waals surface area contributed by atoms with E-state index in [1.54, 1.807) is 0 Å². The molecule has 3 aromatic rings. The maximum absolute atomic E-state index is 13.1. The fourth-order valence-electron chi connectivity index (χ4n) is 3.06. The smallest absolute Gasteiger partial charge is 0.262 e. The summed E-state index contributed by atoms with van der Waals surface area (Å²) in [5, 5.41) is 6.73. The first-order chi connectivity index (χ1) is 16.3. The fraction of sp³-hybridized carbons (Fsp3) is 0.192. The third-order valence-corrected chi connectivity index (χ3v) is 5.48. The summed E-state index contributed by atoms with van der Waals surface area (Å²) in [6.07, 6.45) is 1.49. The Hall–Kier alpha value is -3.52. The van der Waals surface area contributed by atoms with Gasteiger partial charge in [0, 0.05) is 15.6 Å². The highest BCUT2D eigenvalue weighted by Crippen LogP contribution is 2.18. The Morgan fingerprint density at radius 3 is 2.38 bits per heavy atom. The van der Waals surface area contributed by atoms with Crippen LogP contribution in [-0.4, -0.2) is 24.1 Å². The lowest BCUT2D eigenvalue weighted by atomic mass is 10.0. The lowest BCUT2D eigenvalue weighted by Crippen LogP contribution is -2.48. The van der Waals surface area contributed by atoms with Crippen molar-refractivity contribution in [3.05, 3.63) is 99.8 Å². The number of ether oxygens (including phenoxy) is 1. The zero-order chi connectivity index (χ0) is 24.5. The summed E-state index contributed by atoms with van der Waals surface area (Å²) in [4.78, 5) is 25.1. The molecule has 2 amide bonds. The van der Waals surface area contributed by atoms with E-state index < -0.39 is 23.7 Å². The molecule has 0 spiro atoms. The van der Waals surface area contributed by atoms with Crippen LogP contribution < -0.4 is 15.5 Å². The molecule has 0 aromatic heterocycles. The first-order valence-corrected chi connectivity index (χ1v) is 11.5. The SMILES string of the molecule is CC(C)C(NC(=O)c1ccc(F)cc1)C(=O)N/N=C/c1ccccc1OCc1ccc(Br)cc1. The Labute approximate surface area is 206 Å². The number of hydrogen-bond donors (Lipinski definition) is 2. The van der Waals surface area contributed by atoms with Crippen molar-refractivity contribution >= 4 is 34.0 Å². The number of amides is 2. The molecule has 3 aromatic carbocycles. The Morgan fingerprint density at radius 1 is 1.03 bits per heavy atom. The van der Waals surface area contributed by atoms with Gasteiger partial charge in [0.15, 0.2) is 0 Å². The van der Waals surface area contributed by atoms with Crippen LogP contribution >= 0.6 is 15.9 Å². The molecule has 176 valence electrons. The molecule has 1 unspecified atom stereocenters. The van der Waals surface area contributed by atoms with E-state index in [1.807, 2.05) is 62.4 Å². The second-order valence-corrected chi connectivity index (χ2v) is 8.80. The van der Waals surface area contributed by atoms with Crippen LogP contribution in [0, 0.1) is 11.7 Å². The summed E-state index contributed by atoms with van der Waals surface area (Å²) in [5.41, 5.74) is 4.45. The van der Waals surface area contributed by atoms with E-state index in [0.717, 1.165) is 10.0 Å². The number of nitrogens with one attached hydrogen (secondary N) is 2. The number of para-hydroxylation sites is 1. The molecule has 34 heavy (non-hydrogen) atoms. The zero-order valence-electron chi connectivity index (χ0n) is 18.8.